The Morgan fingerprint density at radius 3 is 2.21 bits per heavy atom. The number of sulfonamides is 2. The quantitative estimate of drug-likeness (QED) is 0.483. The molecule has 0 atom stereocenters. The number of ether oxygens (including phenoxy) is 1. The van der Waals surface area contributed by atoms with Gasteiger partial charge in [0.2, 0.25) is 10.0 Å². The summed E-state index contributed by atoms with van der Waals surface area (Å²) < 4.78 is 59.1. The fraction of sp³-hybridized carbons (Fsp3) is 0.250. The van der Waals surface area contributed by atoms with Crippen molar-refractivity contribution in [3.8, 4) is 5.75 Å². The average Bonchev–Trinajstić information content (AvgIpc) is 3.44. The zero-order valence-corrected chi connectivity index (χ0v) is 16.3. The first kappa shape index (κ1) is 20.0. The third-order valence-electron chi connectivity index (χ3n) is 3.97. The molecule has 0 radical (unpaired) electrons. The summed E-state index contributed by atoms with van der Waals surface area (Å²) in [5, 5.41) is 11.2. The molecule has 12 heteroatoms. The van der Waals surface area contributed by atoms with E-state index in [1.54, 1.807) is 0 Å². The van der Waals surface area contributed by atoms with Gasteiger partial charge in [0.1, 0.15) is 5.75 Å². The fourth-order valence-electron chi connectivity index (χ4n) is 2.39. The van der Waals surface area contributed by atoms with Gasteiger partial charge >= 0.3 is 0 Å². The molecule has 28 heavy (non-hydrogen) atoms. The minimum atomic E-state index is -4.28. The van der Waals surface area contributed by atoms with Gasteiger partial charge in [-0.25, -0.2) is 21.6 Å². The number of hydrogen-bond acceptors (Lipinski definition) is 7. The van der Waals surface area contributed by atoms with Crippen molar-refractivity contribution in [2.75, 3.05) is 11.8 Å². The molecule has 1 aliphatic rings. The SMILES string of the molecule is COc1ccc(S(=O)(=O)Nc2ccc(S(=O)(=O)NC3CC3)cc2)c([N+](=O)[O-])c1. The highest BCUT2D eigenvalue weighted by Crippen LogP contribution is 2.30. The lowest BCUT2D eigenvalue weighted by Gasteiger charge is -2.10. The number of rotatable bonds is 8. The molecule has 2 aromatic carbocycles. The molecule has 0 heterocycles. The maximum absolute atomic E-state index is 12.6. The van der Waals surface area contributed by atoms with E-state index < -0.39 is 35.6 Å². The molecule has 2 aromatic rings. The molecule has 0 unspecified atom stereocenters. The first-order valence-electron chi connectivity index (χ1n) is 8.10. The molecule has 0 aliphatic heterocycles. The molecular formula is C16H17N3O7S2. The van der Waals surface area contributed by atoms with E-state index in [0.29, 0.717) is 0 Å². The molecule has 10 nitrogen and oxygen atoms in total. The summed E-state index contributed by atoms with van der Waals surface area (Å²) in [6, 6.07) is 8.36. The normalized spacial score (nSPS) is 14.5. The Labute approximate surface area is 161 Å². The van der Waals surface area contributed by atoms with Crippen LogP contribution in [0.15, 0.2) is 52.3 Å². The van der Waals surface area contributed by atoms with E-state index in [1.165, 1.54) is 37.4 Å². The van der Waals surface area contributed by atoms with Gasteiger partial charge in [-0.3, -0.25) is 14.8 Å². The average molecular weight is 427 g/mol. The third kappa shape index (κ3) is 4.40. The smallest absolute Gasteiger partial charge is 0.293 e. The highest BCUT2D eigenvalue weighted by atomic mass is 32.2. The van der Waals surface area contributed by atoms with E-state index in [0.717, 1.165) is 25.0 Å². The lowest BCUT2D eigenvalue weighted by atomic mass is 10.3. The van der Waals surface area contributed by atoms with Crippen molar-refractivity contribution >= 4 is 31.4 Å². The molecule has 0 aromatic heterocycles. The summed E-state index contributed by atoms with van der Waals surface area (Å²) in [4.78, 5) is 9.86. The summed E-state index contributed by atoms with van der Waals surface area (Å²) in [7, 11) is -6.64. The van der Waals surface area contributed by atoms with Crippen LogP contribution in [0.25, 0.3) is 0 Å². The van der Waals surface area contributed by atoms with Crippen LogP contribution in [0.3, 0.4) is 0 Å². The maximum atomic E-state index is 12.6. The van der Waals surface area contributed by atoms with Crippen LogP contribution in [0.1, 0.15) is 12.8 Å². The monoisotopic (exact) mass is 427 g/mol. The summed E-state index contributed by atoms with van der Waals surface area (Å²) in [6.45, 7) is 0. The first-order valence-corrected chi connectivity index (χ1v) is 11.1. The van der Waals surface area contributed by atoms with Gasteiger partial charge < -0.3 is 4.74 Å². The van der Waals surface area contributed by atoms with Crippen LogP contribution in [0.4, 0.5) is 11.4 Å². The van der Waals surface area contributed by atoms with Crippen molar-refractivity contribution in [1.82, 2.24) is 4.72 Å². The fourth-order valence-corrected chi connectivity index (χ4v) is 4.91. The van der Waals surface area contributed by atoms with Gasteiger partial charge in [0, 0.05) is 11.7 Å². The van der Waals surface area contributed by atoms with E-state index in [4.69, 9.17) is 4.74 Å². The number of nitrogens with zero attached hydrogens (tertiary/aromatic N) is 1. The molecule has 0 bridgehead atoms. The molecule has 0 amide bonds. The minimum absolute atomic E-state index is 0.00206. The van der Waals surface area contributed by atoms with Crippen molar-refractivity contribution in [3.05, 3.63) is 52.6 Å². The number of nitro groups is 1. The van der Waals surface area contributed by atoms with E-state index >= 15 is 0 Å². The topological polar surface area (TPSA) is 145 Å². The van der Waals surface area contributed by atoms with Gasteiger partial charge in [0.25, 0.3) is 15.7 Å². The van der Waals surface area contributed by atoms with Gasteiger partial charge in [-0.2, -0.15) is 0 Å². The zero-order valence-electron chi connectivity index (χ0n) is 14.7. The largest absolute Gasteiger partial charge is 0.497 e. The molecule has 150 valence electrons. The van der Waals surface area contributed by atoms with Crippen LogP contribution in [-0.4, -0.2) is 34.9 Å². The second-order valence-corrected chi connectivity index (χ2v) is 9.48. The van der Waals surface area contributed by atoms with Crippen molar-refractivity contribution in [3.63, 3.8) is 0 Å². The summed E-state index contributed by atoms with van der Waals surface area (Å²) in [6.07, 6.45) is 1.58. The zero-order chi connectivity index (χ0) is 20.5. The molecule has 0 spiro atoms. The lowest BCUT2D eigenvalue weighted by Crippen LogP contribution is -2.25. The summed E-state index contributed by atoms with van der Waals surface area (Å²) in [5.74, 6) is 0.142. The van der Waals surface area contributed by atoms with Crippen LogP contribution >= 0.6 is 0 Å². The predicted octanol–water partition coefficient (Wildman–Crippen LogP) is 1.84. The predicted molar refractivity (Wildman–Crippen MR) is 100 cm³/mol. The maximum Gasteiger partial charge on any atom is 0.293 e. The Morgan fingerprint density at radius 1 is 1.04 bits per heavy atom. The Bertz CT molecular complexity index is 1110. The van der Waals surface area contributed by atoms with Crippen molar-refractivity contribution in [2.45, 2.75) is 28.7 Å². The molecule has 1 aliphatic carbocycles. The molecule has 1 saturated carbocycles. The van der Waals surface area contributed by atoms with Crippen LogP contribution in [0.5, 0.6) is 5.75 Å². The number of nitro benzene ring substituents is 1. The summed E-state index contributed by atoms with van der Waals surface area (Å²) >= 11 is 0. The number of benzene rings is 2. The number of methoxy groups -OCH3 is 1. The minimum Gasteiger partial charge on any atom is -0.497 e. The standard InChI is InChI=1S/C16H17N3O7S2/c1-26-13-6-9-16(15(10-13)19(20)21)28(24,25)18-12-4-7-14(8-5-12)27(22,23)17-11-2-3-11/h4-11,17-18H,2-3H2,1H3. The molecule has 1 fully saturated rings. The molecule has 0 saturated heterocycles. The molecule has 3 rings (SSSR count). The summed E-state index contributed by atoms with van der Waals surface area (Å²) in [5.41, 5.74) is -0.574. The number of hydrogen-bond donors (Lipinski definition) is 2. The van der Waals surface area contributed by atoms with Crippen LogP contribution in [0, 0.1) is 10.1 Å². The Morgan fingerprint density at radius 2 is 1.68 bits per heavy atom. The van der Waals surface area contributed by atoms with Crippen LogP contribution in [0.2, 0.25) is 0 Å². The van der Waals surface area contributed by atoms with Gasteiger partial charge in [-0.1, -0.05) is 0 Å². The second-order valence-electron chi connectivity index (χ2n) is 6.12. The van der Waals surface area contributed by atoms with E-state index in [9.17, 15) is 26.9 Å². The lowest BCUT2D eigenvalue weighted by molar-refractivity contribution is -0.387. The van der Waals surface area contributed by atoms with Gasteiger partial charge in [-0.15, -0.1) is 0 Å². The van der Waals surface area contributed by atoms with Gasteiger partial charge in [0.15, 0.2) is 4.90 Å². The molecular weight excluding hydrogens is 410 g/mol. The van der Waals surface area contributed by atoms with E-state index in [-0.39, 0.29) is 22.4 Å². The number of nitrogens with one attached hydrogen (secondary N) is 2. The Balaban J connectivity index is 1.86. The van der Waals surface area contributed by atoms with Gasteiger partial charge in [0.05, 0.1) is 23.0 Å². The second kappa shape index (κ2) is 7.37. The van der Waals surface area contributed by atoms with Crippen molar-refractivity contribution < 1.29 is 26.5 Å². The highest BCUT2D eigenvalue weighted by Gasteiger charge is 2.29. The number of anilines is 1. The van der Waals surface area contributed by atoms with E-state index in [1.807, 2.05) is 0 Å². The van der Waals surface area contributed by atoms with Crippen molar-refractivity contribution in [1.29, 1.82) is 0 Å². The Hall–Kier alpha value is -2.70. The Kier molecular flexibility index (Phi) is 5.28. The van der Waals surface area contributed by atoms with E-state index in [2.05, 4.69) is 9.44 Å². The van der Waals surface area contributed by atoms with Crippen molar-refractivity contribution in [2.24, 2.45) is 0 Å². The van der Waals surface area contributed by atoms with Gasteiger partial charge in [-0.05, 0) is 49.2 Å². The third-order valence-corrected chi connectivity index (χ3v) is 6.93. The van der Waals surface area contributed by atoms with Crippen LogP contribution in [-0.2, 0) is 20.0 Å². The highest BCUT2D eigenvalue weighted by molar-refractivity contribution is 7.93. The first-order chi connectivity index (χ1) is 13.1. The molecule has 2 N–H and O–H groups in total. The van der Waals surface area contributed by atoms with Crippen LogP contribution < -0.4 is 14.2 Å².